The first-order valence-electron chi connectivity index (χ1n) is 3.50. The van der Waals surface area contributed by atoms with Crippen molar-refractivity contribution in [3.05, 3.63) is 28.8 Å². The van der Waals surface area contributed by atoms with Crippen molar-refractivity contribution < 1.29 is 9.59 Å². The Balaban J connectivity index is 3.48. The second-order valence-corrected chi connectivity index (χ2v) is 2.53. The van der Waals surface area contributed by atoms with Crippen molar-refractivity contribution in [3.8, 4) is 0 Å². The zero-order valence-electron chi connectivity index (χ0n) is 6.70. The van der Waals surface area contributed by atoms with Crippen LogP contribution in [0, 0.1) is 6.92 Å². The van der Waals surface area contributed by atoms with Gasteiger partial charge in [-0.3, -0.25) is 9.59 Å². The van der Waals surface area contributed by atoms with Crippen LogP contribution < -0.4 is 5.46 Å². The largest absolute Gasteiger partial charge is 0.298 e. The molecule has 58 valence electrons. The Morgan fingerprint density at radius 2 is 1.75 bits per heavy atom. The van der Waals surface area contributed by atoms with Gasteiger partial charge >= 0.3 is 0 Å². The van der Waals surface area contributed by atoms with Crippen molar-refractivity contribution in [1.82, 2.24) is 0 Å². The molecule has 0 saturated heterocycles. The molecule has 0 N–H and O–H groups in total. The van der Waals surface area contributed by atoms with E-state index in [9.17, 15) is 9.59 Å². The molecule has 1 aromatic rings. The van der Waals surface area contributed by atoms with Crippen LogP contribution in [0.3, 0.4) is 0 Å². The lowest BCUT2D eigenvalue weighted by molar-refractivity contribution is 0.109. The Hall–Kier alpha value is -1.38. The number of hydrogen-bond donors (Lipinski definition) is 0. The highest BCUT2D eigenvalue weighted by molar-refractivity contribution is 6.36. The molecule has 0 aliphatic heterocycles. The van der Waals surface area contributed by atoms with Gasteiger partial charge in [-0.05, 0) is 12.5 Å². The Morgan fingerprint density at radius 1 is 1.17 bits per heavy atom. The molecule has 0 bridgehead atoms. The standard InChI is InChI=1S/C9H7BO2/c1-6-2-3-9(10)8(5-12)7(6)4-11/h2-5H,1H3. The summed E-state index contributed by atoms with van der Waals surface area (Å²) in [6.07, 6.45) is 1.25. The number of aryl methyl sites for hydroxylation is 1. The van der Waals surface area contributed by atoms with E-state index >= 15 is 0 Å². The number of aldehydes is 2. The Morgan fingerprint density at radius 3 is 2.17 bits per heavy atom. The van der Waals surface area contributed by atoms with Crippen molar-refractivity contribution in [3.63, 3.8) is 0 Å². The van der Waals surface area contributed by atoms with Crippen molar-refractivity contribution in [2.24, 2.45) is 0 Å². The molecule has 3 heteroatoms. The fraction of sp³-hybridized carbons (Fsp3) is 0.111. The fourth-order valence-corrected chi connectivity index (χ4v) is 1.05. The summed E-state index contributed by atoms with van der Waals surface area (Å²) in [6.45, 7) is 1.76. The minimum absolute atomic E-state index is 0.282. The molecule has 0 aliphatic carbocycles. The van der Waals surface area contributed by atoms with E-state index in [-0.39, 0.29) is 5.56 Å². The number of carbonyl (C=O) groups excluding carboxylic acids is 2. The monoisotopic (exact) mass is 158 g/mol. The van der Waals surface area contributed by atoms with Gasteiger partial charge in [0.2, 0.25) is 0 Å². The number of carbonyl (C=O) groups is 2. The van der Waals surface area contributed by atoms with Crippen molar-refractivity contribution in [2.75, 3.05) is 0 Å². The molecule has 0 saturated carbocycles. The molecule has 1 rings (SSSR count). The average Bonchev–Trinajstić information content (AvgIpc) is 2.08. The zero-order chi connectivity index (χ0) is 9.14. The minimum Gasteiger partial charge on any atom is -0.298 e. The lowest BCUT2D eigenvalue weighted by atomic mass is 9.87. The molecule has 1 aromatic carbocycles. The molecule has 2 nitrogen and oxygen atoms in total. The predicted octanol–water partition coefficient (Wildman–Crippen LogP) is 0.414. The number of rotatable bonds is 2. The summed E-state index contributed by atoms with van der Waals surface area (Å²) in [4.78, 5) is 21.1. The first kappa shape index (κ1) is 8.72. The second kappa shape index (κ2) is 3.35. The summed E-state index contributed by atoms with van der Waals surface area (Å²) in [7, 11) is 5.49. The summed E-state index contributed by atoms with van der Waals surface area (Å²) in [5.74, 6) is 0. The molecule has 0 aromatic heterocycles. The van der Waals surface area contributed by atoms with E-state index in [0.717, 1.165) is 5.56 Å². The van der Waals surface area contributed by atoms with E-state index in [4.69, 9.17) is 7.85 Å². The molecule has 0 unspecified atom stereocenters. The fourth-order valence-electron chi connectivity index (χ4n) is 1.05. The van der Waals surface area contributed by atoms with Gasteiger partial charge in [-0.1, -0.05) is 17.6 Å². The first-order valence-corrected chi connectivity index (χ1v) is 3.50. The van der Waals surface area contributed by atoms with Gasteiger partial charge in [-0.2, -0.15) is 0 Å². The first-order chi connectivity index (χ1) is 5.70. The molecule has 0 amide bonds. The van der Waals surface area contributed by atoms with E-state index in [1.165, 1.54) is 0 Å². The summed E-state index contributed by atoms with van der Waals surface area (Å²) in [6, 6.07) is 3.33. The number of hydrogen-bond acceptors (Lipinski definition) is 2. The lowest BCUT2D eigenvalue weighted by Gasteiger charge is -2.04. The average molecular weight is 158 g/mol. The van der Waals surface area contributed by atoms with Crippen LogP contribution >= 0.6 is 0 Å². The van der Waals surface area contributed by atoms with Gasteiger partial charge in [0.15, 0.2) is 6.29 Å². The minimum atomic E-state index is 0.282. The van der Waals surface area contributed by atoms with Crippen LogP contribution in [0.15, 0.2) is 12.1 Å². The molecule has 12 heavy (non-hydrogen) atoms. The summed E-state index contributed by atoms with van der Waals surface area (Å²) >= 11 is 0. The maximum Gasteiger partial charge on any atom is 0.151 e. The van der Waals surface area contributed by atoms with E-state index in [2.05, 4.69) is 0 Å². The summed E-state index contributed by atoms with van der Waals surface area (Å²) in [5, 5.41) is 0. The van der Waals surface area contributed by atoms with E-state index in [1.807, 2.05) is 0 Å². The molecule has 0 spiro atoms. The maximum absolute atomic E-state index is 10.5. The van der Waals surface area contributed by atoms with Crippen LogP contribution in [0.25, 0.3) is 0 Å². The summed E-state index contributed by atoms with van der Waals surface area (Å²) < 4.78 is 0. The Bertz CT molecular complexity index is 299. The van der Waals surface area contributed by atoms with E-state index in [0.29, 0.717) is 23.6 Å². The van der Waals surface area contributed by atoms with Gasteiger partial charge in [0.1, 0.15) is 14.1 Å². The van der Waals surface area contributed by atoms with Gasteiger partial charge in [-0.15, -0.1) is 0 Å². The maximum atomic E-state index is 10.5. The van der Waals surface area contributed by atoms with E-state index < -0.39 is 0 Å². The second-order valence-electron chi connectivity index (χ2n) is 2.53. The number of benzene rings is 1. The molecule has 2 radical (unpaired) electrons. The van der Waals surface area contributed by atoms with Crippen LogP contribution in [0.1, 0.15) is 26.3 Å². The van der Waals surface area contributed by atoms with Gasteiger partial charge < -0.3 is 0 Å². The molecule has 0 atom stereocenters. The van der Waals surface area contributed by atoms with Crippen LogP contribution in [-0.4, -0.2) is 20.4 Å². The van der Waals surface area contributed by atoms with Gasteiger partial charge in [-0.25, -0.2) is 0 Å². The van der Waals surface area contributed by atoms with Crippen molar-refractivity contribution in [1.29, 1.82) is 0 Å². The van der Waals surface area contributed by atoms with Gasteiger partial charge in [0, 0.05) is 11.1 Å². The molecule has 0 fully saturated rings. The lowest BCUT2D eigenvalue weighted by Crippen LogP contribution is -2.13. The van der Waals surface area contributed by atoms with Crippen molar-refractivity contribution >= 4 is 25.9 Å². The van der Waals surface area contributed by atoms with Crippen LogP contribution in [-0.2, 0) is 0 Å². The van der Waals surface area contributed by atoms with Crippen LogP contribution in [0.5, 0.6) is 0 Å². The molecule has 0 heterocycles. The van der Waals surface area contributed by atoms with E-state index in [1.54, 1.807) is 19.1 Å². The molecular weight excluding hydrogens is 151 g/mol. The van der Waals surface area contributed by atoms with Gasteiger partial charge in [0.25, 0.3) is 0 Å². The third kappa shape index (κ3) is 1.30. The predicted molar refractivity (Wildman–Crippen MR) is 47.3 cm³/mol. The highest BCUT2D eigenvalue weighted by Gasteiger charge is 2.05. The zero-order valence-corrected chi connectivity index (χ0v) is 6.70. The Kier molecular flexibility index (Phi) is 2.43. The quantitative estimate of drug-likeness (QED) is 0.461. The molecular formula is C9H7BO2. The highest BCUT2D eigenvalue weighted by Crippen LogP contribution is 2.06. The smallest absolute Gasteiger partial charge is 0.151 e. The highest BCUT2D eigenvalue weighted by atomic mass is 16.1. The van der Waals surface area contributed by atoms with Crippen LogP contribution in [0.2, 0.25) is 0 Å². The topological polar surface area (TPSA) is 34.1 Å². The summed E-state index contributed by atoms with van der Waals surface area (Å²) in [5.41, 5.74) is 1.77. The Labute approximate surface area is 72.0 Å². The molecule has 0 aliphatic rings. The van der Waals surface area contributed by atoms with Crippen molar-refractivity contribution in [2.45, 2.75) is 6.92 Å². The van der Waals surface area contributed by atoms with Gasteiger partial charge in [0.05, 0.1) is 0 Å². The third-order valence-electron chi connectivity index (χ3n) is 1.77. The third-order valence-corrected chi connectivity index (χ3v) is 1.77. The van der Waals surface area contributed by atoms with Crippen LogP contribution in [0.4, 0.5) is 0 Å². The normalized spacial score (nSPS) is 9.42. The SMILES string of the molecule is [B]c1ccc(C)c(C=O)c1C=O.